The number of phenols is 2. The molecule has 0 aliphatic rings. The van der Waals surface area contributed by atoms with E-state index in [1.807, 2.05) is 6.07 Å². The molecule has 0 aliphatic carbocycles. The first-order valence-electron chi connectivity index (χ1n) is 10.9. The predicted octanol–water partition coefficient (Wildman–Crippen LogP) is 5.53. The highest BCUT2D eigenvalue weighted by Crippen LogP contribution is 2.31. The SMILES string of the molecule is CC(C)(CCCCCc1cc(CCCCCC(C)(C)C(=O)O)c(O)cc1O)C(=O)O. The number of carboxylic acids is 2. The highest BCUT2D eigenvalue weighted by Gasteiger charge is 2.26. The van der Waals surface area contributed by atoms with Crippen molar-refractivity contribution in [2.24, 2.45) is 10.8 Å². The van der Waals surface area contributed by atoms with Crippen LogP contribution in [-0.4, -0.2) is 32.4 Å². The predicted molar refractivity (Wildman–Crippen MR) is 117 cm³/mol. The third kappa shape index (κ3) is 8.25. The van der Waals surface area contributed by atoms with Gasteiger partial charge in [0.05, 0.1) is 10.8 Å². The Morgan fingerprint density at radius 3 is 1.37 bits per heavy atom. The van der Waals surface area contributed by atoms with E-state index in [0.717, 1.165) is 49.7 Å². The van der Waals surface area contributed by atoms with E-state index in [-0.39, 0.29) is 11.5 Å². The standard InChI is InChI=1S/C24H38O6/c1-23(2,21(27)28)13-9-5-7-11-17-15-18(20(26)16-19(17)25)12-8-6-10-14-24(3,4)22(29)30/h15-16,25-26H,5-14H2,1-4H3,(H,27,28)(H,29,30). The van der Waals surface area contributed by atoms with Gasteiger partial charge in [0, 0.05) is 6.07 Å². The number of benzene rings is 1. The van der Waals surface area contributed by atoms with Crippen LogP contribution in [0.15, 0.2) is 12.1 Å². The average molecular weight is 423 g/mol. The van der Waals surface area contributed by atoms with Crippen molar-refractivity contribution in [3.8, 4) is 11.5 Å². The minimum absolute atomic E-state index is 0.0883. The van der Waals surface area contributed by atoms with E-state index in [4.69, 9.17) is 10.2 Å². The molecule has 6 nitrogen and oxygen atoms in total. The second kappa shape index (κ2) is 11.2. The van der Waals surface area contributed by atoms with Crippen molar-refractivity contribution < 1.29 is 30.0 Å². The van der Waals surface area contributed by atoms with E-state index in [1.54, 1.807) is 27.7 Å². The maximum absolute atomic E-state index is 11.1. The van der Waals surface area contributed by atoms with E-state index in [2.05, 4.69) is 0 Å². The maximum Gasteiger partial charge on any atom is 0.309 e. The van der Waals surface area contributed by atoms with Crippen molar-refractivity contribution in [3.05, 3.63) is 23.3 Å². The fourth-order valence-electron chi connectivity index (χ4n) is 3.41. The highest BCUT2D eigenvalue weighted by atomic mass is 16.4. The van der Waals surface area contributed by atoms with E-state index >= 15 is 0 Å². The van der Waals surface area contributed by atoms with Crippen molar-refractivity contribution in [2.45, 2.75) is 91.9 Å². The summed E-state index contributed by atoms with van der Waals surface area (Å²) in [6.45, 7) is 6.93. The van der Waals surface area contributed by atoms with Crippen molar-refractivity contribution in [2.75, 3.05) is 0 Å². The topological polar surface area (TPSA) is 115 Å². The Morgan fingerprint density at radius 2 is 1.03 bits per heavy atom. The van der Waals surface area contributed by atoms with Gasteiger partial charge in [-0.15, -0.1) is 0 Å². The van der Waals surface area contributed by atoms with Crippen LogP contribution >= 0.6 is 0 Å². The van der Waals surface area contributed by atoms with Crippen molar-refractivity contribution in [3.63, 3.8) is 0 Å². The molecule has 0 spiro atoms. The van der Waals surface area contributed by atoms with Crippen LogP contribution in [0.4, 0.5) is 0 Å². The van der Waals surface area contributed by atoms with Gasteiger partial charge in [0.1, 0.15) is 11.5 Å². The van der Waals surface area contributed by atoms with Crippen LogP contribution in [0.5, 0.6) is 11.5 Å². The smallest absolute Gasteiger partial charge is 0.309 e. The fourth-order valence-corrected chi connectivity index (χ4v) is 3.41. The second-order valence-corrected chi connectivity index (χ2v) is 9.61. The molecule has 0 saturated carbocycles. The molecule has 6 heteroatoms. The molecule has 0 radical (unpaired) electrons. The molecule has 0 bridgehead atoms. The second-order valence-electron chi connectivity index (χ2n) is 9.61. The minimum Gasteiger partial charge on any atom is -0.508 e. The third-order valence-corrected chi connectivity index (χ3v) is 5.93. The van der Waals surface area contributed by atoms with Gasteiger partial charge in [0.15, 0.2) is 0 Å². The highest BCUT2D eigenvalue weighted by molar-refractivity contribution is 5.73. The van der Waals surface area contributed by atoms with Crippen molar-refractivity contribution in [1.82, 2.24) is 0 Å². The molecule has 0 aromatic heterocycles. The largest absolute Gasteiger partial charge is 0.508 e. The van der Waals surface area contributed by atoms with Crippen LogP contribution in [0.3, 0.4) is 0 Å². The summed E-state index contributed by atoms with van der Waals surface area (Å²) < 4.78 is 0. The van der Waals surface area contributed by atoms with E-state index < -0.39 is 22.8 Å². The van der Waals surface area contributed by atoms with Gasteiger partial charge in [0.2, 0.25) is 0 Å². The van der Waals surface area contributed by atoms with Crippen LogP contribution in [0.1, 0.15) is 90.2 Å². The molecule has 0 fully saturated rings. The Morgan fingerprint density at radius 1 is 0.667 bits per heavy atom. The Labute approximate surface area is 180 Å². The zero-order valence-electron chi connectivity index (χ0n) is 18.8. The van der Waals surface area contributed by atoms with Crippen molar-refractivity contribution in [1.29, 1.82) is 0 Å². The first-order chi connectivity index (χ1) is 13.9. The lowest BCUT2D eigenvalue weighted by molar-refractivity contribution is -0.148. The van der Waals surface area contributed by atoms with Gasteiger partial charge in [-0.2, -0.15) is 0 Å². The number of phenolic OH excluding ortho intramolecular Hbond substituents is 2. The van der Waals surface area contributed by atoms with Crippen LogP contribution in [0, 0.1) is 10.8 Å². The molecule has 0 unspecified atom stereocenters. The first-order valence-corrected chi connectivity index (χ1v) is 10.9. The van der Waals surface area contributed by atoms with Gasteiger partial charge in [0.25, 0.3) is 0 Å². The van der Waals surface area contributed by atoms with Gasteiger partial charge in [-0.1, -0.05) is 25.7 Å². The molecule has 0 saturated heterocycles. The zero-order valence-corrected chi connectivity index (χ0v) is 18.8. The summed E-state index contributed by atoms with van der Waals surface area (Å²) in [7, 11) is 0. The van der Waals surface area contributed by atoms with Crippen LogP contribution in [0.2, 0.25) is 0 Å². The number of hydrogen-bond acceptors (Lipinski definition) is 4. The number of carbonyl (C=O) groups is 2. The molecule has 0 amide bonds. The molecule has 30 heavy (non-hydrogen) atoms. The summed E-state index contributed by atoms with van der Waals surface area (Å²) in [6.07, 6.45) is 7.68. The van der Waals surface area contributed by atoms with E-state index in [0.29, 0.717) is 25.7 Å². The summed E-state index contributed by atoms with van der Waals surface area (Å²) in [5.74, 6) is -1.39. The molecule has 170 valence electrons. The van der Waals surface area contributed by atoms with E-state index in [9.17, 15) is 19.8 Å². The number of rotatable bonds is 14. The number of hydrogen-bond donors (Lipinski definition) is 4. The normalized spacial score (nSPS) is 12.1. The Balaban J connectivity index is 2.47. The summed E-state index contributed by atoms with van der Waals surface area (Å²) >= 11 is 0. The Kier molecular flexibility index (Phi) is 9.66. The summed E-state index contributed by atoms with van der Waals surface area (Å²) in [5, 5.41) is 38.6. The molecular weight excluding hydrogens is 384 g/mol. The number of aliphatic carboxylic acids is 2. The zero-order chi connectivity index (χ0) is 22.9. The summed E-state index contributed by atoms with van der Waals surface area (Å²) in [4.78, 5) is 22.3. The lowest BCUT2D eigenvalue weighted by Gasteiger charge is -2.18. The quantitative estimate of drug-likeness (QED) is 0.293. The van der Waals surface area contributed by atoms with Gasteiger partial charge in [-0.25, -0.2) is 0 Å². The minimum atomic E-state index is -0.783. The average Bonchev–Trinajstić information content (AvgIpc) is 2.63. The molecule has 0 aliphatic heterocycles. The van der Waals surface area contributed by atoms with Gasteiger partial charge < -0.3 is 20.4 Å². The molecule has 0 atom stereocenters. The lowest BCUT2D eigenvalue weighted by atomic mass is 9.86. The lowest BCUT2D eigenvalue weighted by Crippen LogP contribution is -2.23. The fraction of sp³-hybridized carbons (Fsp3) is 0.667. The molecule has 0 heterocycles. The summed E-state index contributed by atoms with van der Waals surface area (Å²) in [5.41, 5.74) is 0.167. The Bertz CT molecular complexity index is 663. The van der Waals surface area contributed by atoms with Gasteiger partial charge in [-0.05, 0) is 83.4 Å². The van der Waals surface area contributed by atoms with E-state index in [1.165, 1.54) is 6.07 Å². The molecule has 4 N–H and O–H groups in total. The van der Waals surface area contributed by atoms with Crippen LogP contribution in [0.25, 0.3) is 0 Å². The first kappa shape index (κ1) is 25.8. The Hall–Kier alpha value is -2.24. The van der Waals surface area contributed by atoms with Crippen LogP contribution in [-0.2, 0) is 22.4 Å². The molecule has 1 aromatic carbocycles. The number of unbranched alkanes of at least 4 members (excludes halogenated alkanes) is 4. The molecule has 1 rings (SSSR count). The molecular formula is C24H38O6. The third-order valence-electron chi connectivity index (χ3n) is 5.93. The number of aryl methyl sites for hydroxylation is 2. The monoisotopic (exact) mass is 422 g/mol. The van der Waals surface area contributed by atoms with Gasteiger partial charge >= 0.3 is 11.9 Å². The number of aromatic hydroxyl groups is 2. The molecule has 1 aromatic rings. The summed E-state index contributed by atoms with van der Waals surface area (Å²) in [6, 6.07) is 3.25. The maximum atomic E-state index is 11.1. The van der Waals surface area contributed by atoms with Gasteiger partial charge in [-0.3, -0.25) is 9.59 Å². The van der Waals surface area contributed by atoms with Crippen LogP contribution < -0.4 is 0 Å². The van der Waals surface area contributed by atoms with Crippen molar-refractivity contribution >= 4 is 11.9 Å². The number of carboxylic acid groups (broad SMARTS) is 2.